The van der Waals surface area contributed by atoms with E-state index in [9.17, 15) is 5.11 Å². The van der Waals surface area contributed by atoms with E-state index in [4.69, 9.17) is 18.9 Å². The number of hydrogen-bond acceptors (Lipinski definition) is 5. The maximum absolute atomic E-state index is 15.1. The van der Waals surface area contributed by atoms with E-state index in [0.29, 0.717) is 0 Å². The van der Waals surface area contributed by atoms with E-state index in [-0.39, 0.29) is 19.8 Å². The van der Waals surface area contributed by atoms with Gasteiger partial charge in [-0.15, -0.1) is 0 Å². The number of hydrogen-bond donors (Lipinski definition) is 1. The lowest BCUT2D eigenvalue weighted by Crippen LogP contribution is -2.59. The normalized spacial score (nSPS) is 25.1. The predicted molar refractivity (Wildman–Crippen MR) is 122 cm³/mol. The van der Waals surface area contributed by atoms with Gasteiger partial charge in [0.1, 0.15) is 24.4 Å². The van der Waals surface area contributed by atoms with Crippen molar-refractivity contribution in [3.8, 4) is 0 Å². The van der Waals surface area contributed by atoms with Gasteiger partial charge in [-0.2, -0.15) is 0 Å². The average molecular weight is 453 g/mol. The molecule has 1 aliphatic rings. The number of alkyl halides is 1. The maximum atomic E-state index is 15.1. The topological polar surface area (TPSA) is 57.2 Å². The lowest BCUT2D eigenvalue weighted by Gasteiger charge is -2.43. The summed E-state index contributed by atoms with van der Waals surface area (Å²) in [5, 5.41) is 9.91. The Hall–Kier alpha value is -2.61. The molecule has 1 saturated heterocycles. The number of aliphatic hydroxyl groups is 1. The van der Waals surface area contributed by atoms with Crippen LogP contribution in [-0.4, -0.2) is 42.5 Å². The molecule has 3 aromatic carbocycles. The third-order valence-electron chi connectivity index (χ3n) is 5.61. The smallest absolute Gasteiger partial charge is 0.228 e. The molecule has 4 rings (SSSR count). The Morgan fingerprint density at radius 3 is 1.42 bits per heavy atom. The van der Waals surface area contributed by atoms with Crippen LogP contribution in [0.2, 0.25) is 0 Å². The second-order valence-electron chi connectivity index (χ2n) is 7.99. The van der Waals surface area contributed by atoms with Gasteiger partial charge in [-0.25, -0.2) is 4.39 Å². The highest BCUT2D eigenvalue weighted by Crippen LogP contribution is 2.30. The fraction of sp³-hybridized carbons (Fsp3) is 0.333. The van der Waals surface area contributed by atoms with E-state index >= 15 is 4.39 Å². The van der Waals surface area contributed by atoms with Crippen LogP contribution in [-0.2, 0) is 38.8 Å². The summed E-state index contributed by atoms with van der Waals surface area (Å²) in [6, 6.07) is 28.9. The van der Waals surface area contributed by atoms with Gasteiger partial charge in [-0.3, -0.25) is 0 Å². The molecular weight excluding hydrogens is 423 g/mol. The van der Waals surface area contributed by atoms with Gasteiger partial charge in [-0.1, -0.05) is 91.0 Å². The quantitative estimate of drug-likeness (QED) is 0.493. The minimum absolute atomic E-state index is 0.204. The van der Waals surface area contributed by atoms with Crippen molar-refractivity contribution < 1.29 is 28.4 Å². The van der Waals surface area contributed by atoms with Crippen LogP contribution in [0.15, 0.2) is 91.0 Å². The van der Waals surface area contributed by atoms with Crippen molar-refractivity contribution in [1.29, 1.82) is 0 Å². The summed E-state index contributed by atoms with van der Waals surface area (Å²) < 4.78 is 38.9. The molecule has 1 fully saturated rings. The van der Waals surface area contributed by atoms with Crippen LogP contribution in [0.4, 0.5) is 4.39 Å². The van der Waals surface area contributed by atoms with Crippen LogP contribution in [0.25, 0.3) is 0 Å². The van der Waals surface area contributed by atoms with Crippen molar-refractivity contribution in [3.05, 3.63) is 108 Å². The SMILES string of the molecule is OC[C@H]1O[C@H](F)[C@H](OCc2ccccc2)[C@@H](OCc2ccccc2)[C@@H]1OCc1ccccc1. The van der Waals surface area contributed by atoms with E-state index in [1.165, 1.54) is 0 Å². The van der Waals surface area contributed by atoms with Gasteiger partial charge < -0.3 is 24.1 Å². The zero-order chi connectivity index (χ0) is 22.9. The van der Waals surface area contributed by atoms with Gasteiger partial charge in [-0.05, 0) is 16.7 Å². The summed E-state index contributed by atoms with van der Waals surface area (Å²) in [6.45, 7) is 0.345. The molecule has 0 radical (unpaired) electrons. The first-order valence-corrected chi connectivity index (χ1v) is 11.1. The van der Waals surface area contributed by atoms with Gasteiger partial charge in [0.05, 0.1) is 26.4 Å². The van der Waals surface area contributed by atoms with Crippen molar-refractivity contribution >= 4 is 0 Å². The molecule has 1 N–H and O–H groups in total. The van der Waals surface area contributed by atoms with Crippen molar-refractivity contribution in [1.82, 2.24) is 0 Å². The summed E-state index contributed by atoms with van der Waals surface area (Å²) in [6.07, 6.45) is -5.15. The molecule has 1 aliphatic heterocycles. The molecule has 33 heavy (non-hydrogen) atoms. The first kappa shape index (κ1) is 23.5. The van der Waals surface area contributed by atoms with E-state index in [0.717, 1.165) is 16.7 Å². The largest absolute Gasteiger partial charge is 0.394 e. The molecule has 5 nitrogen and oxygen atoms in total. The molecule has 0 unspecified atom stereocenters. The number of halogens is 1. The van der Waals surface area contributed by atoms with Gasteiger partial charge >= 0.3 is 0 Å². The summed E-state index contributed by atoms with van der Waals surface area (Å²) in [7, 11) is 0. The van der Waals surface area contributed by atoms with Crippen molar-refractivity contribution in [2.45, 2.75) is 50.6 Å². The Kier molecular flexibility index (Phi) is 8.58. The fourth-order valence-corrected chi connectivity index (χ4v) is 3.88. The van der Waals surface area contributed by atoms with E-state index in [1.807, 2.05) is 91.0 Å². The number of rotatable bonds is 10. The Labute approximate surface area is 193 Å². The first-order chi connectivity index (χ1) is 16.2. The maximum Gasteiger partial charge on any atom is 0.228 e. The molecule has 1 heterocycles. The summed E-state index contributed by atoms with van der Waals surface area (Å²) >= 11 is 0. The third kappa shape index (κ3) is 6.47. The van der Waals surface area contributed by atoms with Gasteiger partial charge in [0.2, 0.25) is 6.36 Å². The predicted octanol–water partition coefficient (Wildman–Crippen LogP) is 4.43. The summed E-state index contributed by atoms with van der Waals surface area (Å²) in [5.74, 6) is 0. The zero-order valence-corrected chi connectivity index (χ0v) is 18.3. The number of benzene rings is 3. The Bertz CT molecular complexity index is 941. The van der Waals surface area contributed by atoms with Gasteiger partial charge in [0.15, 0.2) is 0 Å². The lowest BCUT2D eigenvalue weighted by atomic mass is 9.98. The molecule has 0 saturated carbocycles. The Morgan fingerprint density at radius 1 is 0.606 bits per heavy atom. The molecule has 0 bridgehead atoms. The minimum atomic E-state index is -1.76. The van der Waals surface area contributed by atoms with E-state index < -0.39 is 37.4 Å². The molecule has 6 heteroatoms. The van der Waals surface area contributed by atoms with Crippen molar-refractivity contribution in [3.63, 3.8) is 0 Å². The Balaban J connectivity index is 1.53. The highest BCUT2D eigenvalue weighted by atomic mass is 19.1. The van der Waals surface area contributed by atoms with Crippen molar-refractivity contribution in [2.24, 2.45) is 0 Å². The van der Waals surface area contributed by atoms with Crippen molar-refractivity contribution in [2.75, 3.05) is 6.61 Å². The Morgan fingerprint density at radius 2 is 1.00 bits per heavy atom. The monoisotopic (exact) mass is 452 g/mol. The highest BCUT2D eigenvalue weighted by molar-refractivity contribution is 5.15. The van der Waals surface area contributed by atoms with Crippen LogP contribution < -0.4 is 0 Å². The number of ether oxygens (including phenoxy) is 4. The fourth-order valence-electron chi connectivity index (χ4n) is 3.88. The van der Waals surface area contributed by atoms with E-state index in [2.05, 4.69) is 0 Å². The molecule has 0 aromatic heterocycles. The molecule has 0 aliphatic carbocycles. The van der Waals surface area contributed by atoms with Gasteiger partial charge in [0, 0.05) is 0 Å². The average Bonchev–Trinajstić information content (AvgIpc) is 2.87. The van der Waals surface area contributed by atoms with Crippen LogP contribution >= 0.6 is 0 Å². The molecule has 0 spiro atoms. The minimum Gasteiger partial charge on any atom is -0.394 e. The molecular formula is C27H29FO5. The third-order valence-corrected chi connectivity index (χ3v) is 5.61. The number of aliphatic hydroxyl groups excluding tert-OH is 1. The molecule has 3 aromatic rings. The van der Waals surface area contributed by atoms with E-state index in [1.54, 1.807) is 0 Å². The molecule has 5 atom stereocenters. The molecule has 0 amide bonds. The first-order valence-electron chi connectivity index (χ1n) is 11.1. The molecule has 174 valence electrons. The van der Waals surface area contributed by atoms with Crippen LogP contribution in [0.5, 0.6) is 0 Å². The van der Waals surface area contributed by atoms with Crippen LogP contribution in [0.1, 0.15) is 16.7 Å². The zero-order valence-electron chi connectivity index (χ0n) is 18.3. The highest BCUT2D eigenvalue weighted by Gasteiger charge is 2.48. The summed E-state index contributed by atoms with van der Waals surface area (Å²) in [4.78, 5) is 0. The second kappa shape index (κ2) is 12.0. The summed E-state index contributed by atoms with van der Waals surface area (Å²) in [5.41, 5.74) is 2.82. The van der Waals surface area contributed by atoms with Gasteiger partial charge in [0.25, 0.3) is 0 Å². The van der Waals surface area contributed by atoms with Crippen LogP contribution in [0, 0.1) is 0 Å². The lowest BCUT2D eigenvalue weighted by molar-refractivity contribution is -0.296. The second-order valence-corrected chi connectivity index (χ2v) is 7.99. The van der Waals surface area contributed by atoms with Crippen LogP contribution in [0.3, 0.4) is 0 Å². The standard InChI is InChI=1S/C27H29FO5/c28-27-26(32-19-22-14-8-3-9-15-22)25(31-18-21-12-6-2-7-13-21)24(23(16-29)33-27)30-17-20-10-4-1-5-11-20/h1-15,23-27,29H,16-19H2/t23-,24-,25+,26-,27+/m1/s1.